The predicted octanol–water partition coefficient (Wildman–Crippen LogP) is -0.261. The van der Waals surface area contributed by atoms with Crippen LogP contribution in [0, 0.1) is 0 Å². The Morgan fingerprint density at radius 1 is 1.25 bits per heavy atom. The third-order valence-electron chi connectivity index (χ3n) is 2.39. The Balaban J connectivity index is 2.43. The fourth-order valence-corrected chi connectivity index (χ4v) is 1.70. The molecule has 5 heteroatoms. The zero-order chi connectivity index (χ0) is 11.1. The van der Waals surface area contributed by atoms with Crippen molar-refractivity contribution >= 4 is 11.5 Å². The Kier molecular flexibility index (Phi) is 1.67. The molecule has 0 radical (unpaired) electrons. The van der Waals surface area contributed by atoms with Crippen LogP contribution in [0.3, 0.4) is 0 Å². The lowest BCUT2D eigenvalue weighted by atomic mass is 10.1. The van der Waals surface area contributed by atoms with Gasteiger partial charge in [-0.05, 0) is 6.07 Å². The largest absolute Gasteiger partial charge is 0.479 e. The quantitative estimate of drug-likeness (QED) is 0.709. The molecule has 0 aliphatic carbocycles. The summed E-state index contributed by atoms with van der Waals surface area (Å²) in [7, 11) is 0. The summed E-state index contributed by atoms with van der Waals surface area (Å²) in [6, 6.07) is 7.08. The second-order valence-electron chi connectivity index (χ2n) is 3.32. The van der Waals surface area contributed by atoms with Gasteiger partial charge in [-0.3, -0.25) is 4.79 Å². The first-order valence-corrected chi connectivity index (χ1v) is 4.62. The Morgan fingerprint density at radius 2 is 2.06 bits per heavy atom. The van der Waals surface area contributed by atoms with E-state index in [0.29, 0.717) is 10.6 Å². The minimum absolute atomic E-state index is 0.138. The van der Waals surface area contributed by atoms with Crippen LogP contribution in [0.5, 0.6) is 5.95 Å². The van der Waals surface area contributed by atoms with Crippen molar-refractivity contribution < 1.29 is 14.3 Å². The molecule has 3 rings (SSSR count). The van der Waals surface area contributed by atoms with Crippen LogP contribution in [-0.4, -0.2) is 16.0 Å². The summed E-state index contributed by atoms with van der Waals surface area (Å²) in [6.07, 6.45) is 1.09. The van der Waals surface area contributed by atoms with Crippen molar-refractivity contribution in [1.82, 2.24) is 4.98 Å². The molecule has 1 aliphatic heterocycles. The number of carbonyl (C=O) groups excluding carboxylic acids is 1. The smallest absolute Gasteiger partial charge is 0.311 e. The van der Waals surface area contributed by atoms with E-state index in [4.69, 9.17) is 0 Å². The lowest BCUT2D eigenvalue weighted by Crippen LogP contribution is -2.22. The number of hydrogen-bond donors (Lipinski definition) is 1. The van der Waals surface area contributed by atoms with Crippen molar-refractivity contribution in [3.63, 3.8) is 0 Å². The topological polar surface area (TPSA) is 75.7 Å². The molecule has 1 N–H and O–H groups in total. The number of aromatic nitrogens is 1. The average molecular weight is 214 g/mol. The summed E-state index contributed by atoms with van der Waals surface area (Å²) in [5.74, 6) is -0.777. The van der Waals surface area contributed by atoms with Crippen LogP contribution in [0.1, 0.15) is 5.69 Å². The zero-order valence-electron chi connectivity index (χ0n) is 8.04. The predicted molar refractivity (Wildman–Crippen MR) is 52.9 cm³/mol. The molecule has 0 spiro atoms. The van der Waals surface area contributed by atoms with Gasteiger partial charge in [-0.1, -0.05) is 18.2 Å². The van der Waals surface area contributed by atoms with Crippen molar-refractivity contribution in [3.05, 3.63) is 46.9 Å². The number of oxazole rings is 1. The Hall–Kier alpha value is -2.43. The lowest BCUT2D eigenvalue weighted by molar-refractivity contribution is -0.112. The Bertz CT molecular complexity index is 700. The molecule has 2 heterocycles. The summed E-state index contributed by atoms with van der Waals surface area (Å²) in [6.45, 7) is 0. The van der Waals surface area contributed by atoms with E-state index in [1.165, 1.54) is 0 Å². The summed E-state index contributed by atoms with van der Waals surface area (Å²) in [5, 5.41) is 10.7. The lowest BCUT2D eigenvalue weighted by Gasteiger charge is -1.93. The van der Waals surface area contributed by atoms with E-state index in [1.54, 1.807) is 24.3 Å². The molecule has 0 bridgehead atoms. The minimum atomic E-state index is -0.412. The van der Waals surface area contributed by atoms with Gasteiger partial charge in [0.2, 0.25) is 0 Å². The SMILES string of the molecule is O=C1N=c2ccccc2=C1c1ncoc1O. The van der Waals surface area contributed by atoms with Crippen molar-refractivity contribution in [3.8, 4) is 5.95 Å². The van der Waals surface area contributed by atoms with Crippen molar-refractivity contribution in [2.75, 3.05) is 0 Å². The highest BCUT2D eigenvalue weighted by molar-refractivity contribution is 6.20. The molecule has 2 aromatic rings. The maximum absolute atomic E-state index is 11.7. The standard InChI is InChI=1S/C11H6N2O3/c14-10-8(9-11(15)16-5-12-9)6-3-1-2-4-7(6)13-10/h1-5,15H. The molecular weight excluding hydrogens is 208 g/mol. The van der Waals surface area contributed by atoms with Gasteiger partial charge in [-0.2, -0.15) is 0 Å². The van der Waals surface area contributed by atoms with Gasteiger partial charge in [-0.25, -0.2) is 9.98 Å². The first kappa shape index (κ1) is 8.84. The summed E-state index contributed by atoms with van der Waals surface area (Å²) in [5.41, 5.74) is 0.417. The van der Waals surface area contributed by atoms with Crippen molar-refractivity contribution in [2.45, 2.75) is 0 Å². The van der Waals surface area contributed by atoms with Gasteiger partial charge in [-0.15, -0.1) is 0 Å². The molecule has 5 nitrogen and oxygen atoms in total. The van der Waals surface area contributed by atoms with Crippen LogP contribution in [0.2, 0.25) is 0 Å². The molecule has 0 saturated carbocycles. The molecule has 1 aromatic heterocycles. The van der Waals surface area contributed by atoms with Gasteiger partial charge in [0.05, 0.1) is 10.9 Å². The number of aromatic hydroxyl groups is 1. The van der Waals surface area contributed by atoms with E-state index in [0.717, 1.165) is 6.39 Å². The number of hydrogen-bond acceptors (Lipinski definition) is 4. The molecule has 0 fully saturated rings. The van der Waals surface area contributed by atoms with Crippen LogP contribution in [0.4, 0.5) is 0 Å². The van der Waals surface area contributed by atoms with E-state index in [-0.39, 0.29) is 17.2 Å². The molecule has 0 unspecified atom stereocenters. The maximum Gasteiger partial charge on any atom is 0.311 e. The fourth-order valence-electron chi connectivity index (χ4n) is 1.70. The number of amides is 1. The van der Waals surface area contributed by atoms with Crippen LogP contribution < -0.4 is 10.6 Å². The molecule has 0 saturated heterocycles. The summed E-state index contributed by atoms with van der Waals surface area (Å²) < 4.78 is 4.67. The number of nitrogens with zero attached hydrogens (tertiary/aromatic N) is 2. The van der Waals surface area contributed by atoms with E-state index >= 15 is 0 Å². The van der Waals surface area contributed by atoms with E-state index in [2.05, 4.69) is 14.4 Å². The summed E-state index contributed by atoms with van der Waals surface area (Å²) >= 11 is 0. The van der Waals surface area contributed by atoms with Gasteiger partial charge in [0, 0.05) is 5.22 Å². The molecule has 0 atom stereocenters. The van der Waals surface area contributed by atoms with E-state index in [1.807, 2.05) is 0 Å². The Labute approximate surface area is 89.4 Å². The van der Waals surface area contributed by atoms with Gasteiger partial charge >= 0.3 is 5.95 Å². The molecule has 1 amide bonds. The monoisotopic (exact) mass is 214 g/mol. The number of fused-ring (bicyclic) bond motifs is 1. The van der Waals surface area contributed by atoms with Crippen LogP contribution >= 0.6 is 0 Å². The second kappa shape index (κ2) is 3.03. The molecule has 16 heavy (non-hydrogen) atoms. The first-order valence-electron chi connectivity index (χ1n) is 4.62. The highest BCUT2D eigenvalue weighted by Crippen LogP contribution is 2.22. The number of rotatable bonds is 1. The van der Waals surface area contributed by atoms with Gasteiger partial charge in [0.15, 0.2) is 12.1 Å². The Morgan fingerprint density at radius 3 is 2.81 bits per heavy atom. The number of carbonyl (C=O) groups is 1. The third kappa shape index (κ3) is 1.08. The van der Waals surface area contributed by atoms with Crippen LogP contribution in [-0.2, 0) is 4.79 Å². The average Bonchev–Trinajstić information content (AvgIpc) is 2.81. The zero-order valence-corrected chi connectivity index (χ0v) is 8.04. The van der Waals surface area contributed by atoms with Gasteiger partial charge in [0.1, 0.15) is 0 Å². The molecule has 1 aliphatic rings. The highest BCUT2D eigenvalue weighted by atomic mass is 16.5. The number of benzene rings is 1. The summed E-state index contributed by atoms with van der Waals surface area (Å²) in [4.78, 5) is 19.4. The highest BCUT2D eigenvalue weighted by Gasteiger charge is 2.23. The fraction of sp³-hybridized carbons (Fsp3) is 0. The molecular formula is C11H6N2O3. The van der Waals surface area contributed by atoms with Crippen molar-refractivity contribution in [2.24, 2.45) is 4.99 Å². The number of para-hydroxylation sites is 1. The molecule has 78 valence electrons. The van der Waals surface area contributed by atoms with Crippen LogP contribution in [0.15, 0.2) is 40.1 Å². The third-order valence-corrected chi connectivity index (χ3v) is 2.39. The van der Waals surface area contributed by atoms with Crippen LogP contribution in [0.25, 0.3) is 5.57 Å². The minimum Gasteiger partial charge on any atom is -0.479 e. The van der Waals surface area contributed by atoms with Gasteiger partial charge in [0.25, 0.3) is 5.91 Å². The second-order valence-corrected chi connectivity index (χ2v) is 3.32. The normalized spacial score (nSPS) is 13.8. The van der Waals surface area contributed by atoms with E-state index in [9.17, 15) is 9.90 Å². The van der Waals surface area contributed by atoms with Crippen molar-refractivity contribution in [1.29, 1.82) is 0 Å². The maximum atomic E-state index is 11.7. The van der Waals surface area contributed by atoms with E-state index < -0.39 is 5.91 Å². The first-order chi connectivity index (χ1) is 7.77. The molecule has 1 aromatic carbocycles. The van der Waals surface area contributed by atoms with Gasteiger partial charge < -0.3 is 9.52 Å².